The number of hydrogen-bond acceptors (Lipinski definition) is 4. The Morgan fingerprint density at radius 2 is 1.94 bits per heavy atom. The molecule has 1 aromatic carbocycles. The second-order valence-corrected chi connectivity index (χ2v) is 4.51. The van der Waals surface area contributed by atoms with Gasteiger partial charge in [0, 0.05) is 43.5 Å². The van der Waals surface area contributed by atoms with Crippen molar-refractivity contribution in [2.45, 2.75) is 19.4 Å². The Labute approximate surface area is 102 Å². The van der Waals surface area contributed by atoms with Crippen LogP contribution >= 0.6 is 0 Å². The number of hydrogen-bond donors (Lipinski definition) is 3. The molecule has 4 nitrogen and oxygen atoms in total. The van der Waals surface area contributed by atoms with Gasteiger partial charge in [0.1, 0.15) is 11.4 Å². The fraction of sp³-hybridized carbons (Fsp3) is 0.538. The van der Waals surface area contributed by atoms with Gasteiger partial charge in [-0.2, -0.15) is 0 Å². The van der Waals surface area contributed by atoms with Crippen LogP contribution in [0.2, 0.25) is 0 Å². The summed E-state index contributed by atoms with van der Waals surface area (Å²) >= 11 is 0. The molecule has 0 amide bonds. The molecule has 3 N–H and O–H groups in total. The average Bonchev–Trinajstić information content (AvgIpc) is 2.28. The number of nitrogens with zero attached hydrogens (tertiary/aromatic N) is 1. The average molecular weight is 236 g/mol. The van der Waals surface area contributed by atoms with Crippen LogP contribution in [-0.4, -0.2) is 36.4 Å². The summed E-state index contributed by atoms with van der Waals surface area (Å²) in [6.45, 7) is 6.98. The van der Waals surface area contributed by atoms with Crippen molar-refractivity contribution in [1.82, 2.24) is 5.32 Å². The van der Waals surface area contributed by atoms with E-state index in [1.165, 1.54) is 0 Å². The van der Waals surface area contributed by atoms with E-state index in [9.17, 15) is 10.2 Å². The van der Waals surface area contributed by atoms with Gasteiger partial charge in [0.2, 0.25) is 0 Å². The van der Waals surface area contributed by atoms with E-state index in [1.807, 2.05) is 12.1 Å². The van der Waals surface area contributed by atoms with Crippen LogP contribution in [0.3, 0.4) is 0 Å². The zero-order valence-electron chi connectivity index (χ0n) is 10.4. The highest BCUT2D eigenvalue weighted by molar-refractivity contribution is 5.55. The van der Waals surface area contributed by atoms with E-state index in [-0.39, 0.29) is 5.75 Å². The van der Waals surface area contributed by atoms with Gasteiger partial charge in [-0.25, -0.2) is 0 Å². The third-order valence-electron chi connectivity index (χ3n) is 3.45. The van der Waals surface area contributed by atoms with Crippen LogP contribution in [0.4, 0.5) is 5.69 Å². The van der Waals surface area contributed by atoms with Gasteiger partial charge >= 0.3 is 0 Å². The highest BCUT2D eigenvalue weighted by Gasteiger charge is 2.38. The Bertz CT molecular complexity index is 398. The molecule has 1 aromatic rings. The van der Waals surface area contributed by atoms with Crippen molar-refractivity contribution in [2.75, 3.05) is 31.1 Å². The van der Waals surface area contributed by atoms with Crippen molar-refractivity contribution in [3.05, 3.63) is 23.8 Å². The molecule has 1 fully saturated rings. The number of phenols is 1. The minimum Gasteiger partial charge on any atom is -0.507 e. The first-order valence-corrected chi connectivity index (χ1v) is 6.12. The second-order valence-electron chi connectivity index (χ2n) is 4.51. The number of β-amino-alcohol motifs (C(OH)–C–C–N with tert-alkyl or cyclic N) is 1. The number of benzene rings is 1. The lowest BCUT2D eigenvalue weighted by Gasteiger charge is -2.38. The Morgan fingerprint density at radius 3 is 2.35 bits per heavy atom. The molecule has 1 aliphatic rings. The maximum Gasteiger partial charge on any atom is 0.123 e. The molecule has 0 bridgehead atoms. The summed E-state index contributed by atoms with van der Waals surface area (Å²) in [5.74, 6) is 0.179. The van der Waals surface area contributed by atoms with Crippen LogP contribution < -0.4 is 10.2 Å². The lowest BCUT2D eigenvalue weighted by atomic mass is 9.87. The van der Waals surface area contributed by atoms with E-state index in [1.54, 1.807) is 6.07 Å². The fourth-order valence-corrected chi connectivity index (χ4v) is 2.25. The molecule has 0 atom stereocenters. The van der Waals surface area contributed by atoms with Gasteiger partial charge in [-0.05, 0) is 19.9 Å². The zero-order chi connectivity index (χ0) is 12.5. The molecule has 1 heterocycles. The monoisotopic (exact) mass is 236 g/mol. The van der Waals surface area contributed by atoms with E-state index >= 15 is 0 Å². The molecule has 4 heteroatoms. The summed E-state index contributed by atoms with van der Waals surface area (Å²) < 4.78 is 0. The van der Waals surface area contributed by atoms with Gasteiger partial charge in [0.15, 0.2) is 0 Å². The minimum atomic E-state index is -0.897. The first-order valence-electron chi connectivity index (χ1n) is 6.12. The van der Waals surface area contributed by atoms with Gasteiger partial charge in [-0.15, -0.1) is 0 Å². The smallest absolute Gasteiger partial charge is 0.123 e. The van der Waals surface area contributed by atoms with Crippen LogP contribution in [0.15, 0.2) is 18.2 Å². The van der Waals surface area contributed by atoms with Crippen LogP contribution in [0, 0.1) is 0 Å². The molecule has 0 unspecified atom stereocenters. The zero-order valence-corrected chi connectivity index (χ0v) is 10.4. The van der Waals surface area contributed by atoms with Crippen LogP contribution in [0.25, 0.3) is 0 Å². The van der Waals surface area contributed by atoms with Gasteiger partial charge in [0.25, 0.3) is 0 Å². The summed E-state index contributed by atoms with van der Waals surface area (Å²) in [7, 11) is 0. The first kappa shape index (κ1) is 12.2. The van der Waals surface area contributed by atoms with E-state index in [0.29, 0.717) is 18.7 Å². The molecule has 0 spiro atoms. The largest absolute Gasteiger partial charge is 0.507 e. The topological polar surface area (TPSA) is 55.7 Å². The van der Waals surface area contributed by atoms with Crippen molar-refractivity contribution >= 4 is 5.69 Å². The van der Waals surface area contributed by atoms with Crippen LogP contribution in [-0.2, 0) is 5.60 Å². The molecular weight excluding hydrogens is 216 g/mol. The Hall–Kier alpha value is -1.26. The summed E-state index contributed by atoms with van der Waals surface area (Å²) in [6.07, 6.45) is 0. The summed E-state index contributed by atoms with van der Waals surface area (Å²) in [5.41, 5.74) is 0.714. The molecular formula is C13H20N2O2. The number of anilines is 1. The number of aliphatic hydroxyl groups is 1. The molecule has 0 saturated carbocycles. The van der Waals surface area contributed by atoms with Crippen LogP contribution in [0.5, 0.6) is 5.75 Å². The van der Waals surface area contributed by atoms with E-state index in [0.717, 1.165) is 18.8 Å². The van der Waals surface area contributed by atoms with Gasteiger partial charge in [0.05, 0.1) is 0 Å². The van der Waals surface area contributed by atoms with Crippen molar-refractivity contribution < 1.29 is 10.2 Å². The SMILES string of the molecule is CCN(CC)c1ccc(C2(O)CNC2)c(O)c1. The molecule has 1 saturated heterocycles. The number of nitrogens with one attached hydrogen (secondary N) is 1. The maximum absolute atomic E-state index is 10.2. The maximum atomic E-state index is 10.2. The van der Waals surface area contributed by atoms with Crippen molar-refractivity contribution in [3.8, 4) is 5.75 Å². The van der Waals surface area contributed by atoms with Crippen molar-refractivity contribution in [1.29, 1.82) is 0 Å². The lowest BCUT2D eigenvalue weighted by Crippen LogP contribution is -2.56. The molecule has 94 valence electrons. The molecule has 1 aliphatic heterocycles. The van der Waals surface area contributed by atoms with Crippen molar-refractivity contribution in [2.24, 2.45) is 0 Å². The fourth-order valence-electron chi connectivity index (χ4n) is 2.25. The van der Waals surface area contributed by atoms with Crippen LogP contribution in [0.1, 0.15) is 19.4 Å². The third-order valence-corrected chi connectivity index (χ3v) is 3.45. The van der Waals surface area contributed by atoms with Gasteiger partial charge < -0.3 is 20.4 Å². The highest BCUT2D eigenvalue weighted by Crippen LogP contribution is 2.34. The molecule has 0 radical (unpaired) electrons. The normalized spacial score (nSPS) is 17.6. The summed E-state index contributed by atoms with van der Waals surface area (Å²) in [6, 6.07) is 5.51. The summed E-state index contributed by atoms with van der Waals surface area (Å²) in [5, 5.41) is 23.2. The standard InChI is InChI=1S/C13H20N2O2/c1-3-15(4-2)10-5-6-11(12(16)7-10)13(17)8-14-9-13/h5-7,14,16-17H,3-4,8-9H2,1-2H3. The minimum absolute atomic E-state index is 0.179. The van der Waals surface area contributed by atoms with E-state index < -0.39 is 5.60 Å². The molecule has 0 aromatic heterocycles. The Balaban J connectivity index is 2.28. The Morgan fingerprint density at radius 1 is 1.29 bits per heavy atom. The third kappa shape index (κ3) is 2.10. The molecule has 17 heavy (non-hydrogen) atoms. The number of aromatic hydroxyl groups is 1. The first-order chi connectivity index (χ1) is 8.10. The molecule has 0 aliphatic carbocycles. The lowest BCUT2D eigenvalue weighted by molar-refractivity contribution is -0.0164. The quantitative estimate of drug-likeness (QED) is 0.731. The van der Waals surface area contributed by atoms with Crippen molar-refractivity contribution in [3.63, 3.8) is 0 Å². The highest BCUT2D eigenvalue weighted by atomic mass is 16.3. The predicted octanol–water partition coefficient (Wildman–Crippen LogP) is 1.03. The van der Waals surface area contributed by atoms with Gasteiger partial charge in [-0.3, -0.25) is 0 Å². The number of rotatable bonds is 4. The Kier molecular flexibility index (Phi) is 3.26. The van der Waals surface area contributed by atoms with E-state index in [4.69, 9.17) is 0 Å². The summed E-state index contributed by atoms with van der Waals surface area (Å²) in [4.78, 5) is 2.16. The van der Waals surface area contributed by atoms with Gasteiger partial charge in [-0.1, -0.05) is 6.07 Å². The van der Waals surface area contributed by atoms with E-state index in [2.05, 4.69) is 24.1 Å². The number of phenolic OH excluding ortho intramolecular Hbond substituents is 1. The second kappa shape index (κ2) is 4.55. The molecule has 2 rings (SSSR count). The predicted molar refractivity (Wildman–Crippen MR) is 68.4 cm³/mol.